The van der Waals surface area contributed by atoms with E-state index in [0.29, 0.717) is 0 Å². The van der Waals surface area contributed by atoms with Crippen LogP contribution in [0.5, 0.6) is 0 Å². The molecule has 0 N–H and O–H groups in total. The molecule has 1 aliphatic heterocycles. The van der Waals surface area contributed by atoms with E-state index in [1.165, 1.54) is 5.69 Å². The van der Waals surface area contributed by atoms with Gasteiger partial charge in [-0.15, -0.1) is 0 Å². The zero-order valence-corrected chi connectivity index (χ0v) is 15.3. The highest BCUT2D eigenvalue weighted by Crippen LogP contribution is 2.27. The molecule has 5 nitrogen and oxygen atoms in total. The molecular formula is C19H27N3O2. The molecule has 5 heteroatoms. The zero-order chi connectivity index (χ0) is 17.5. The number of fused-ring (bicyclic) bond motifs is 1. The molecule has 0 amide bonds. The minimum Gasteiger partial charge on any atom is -0.443 e. The second kappa shape index (κ2) is 6.13. The molecule has 24 heavy (non-hydrogen) atoms. The van der Waals surface area contributed by atoms with Gasteiger partial charge in [0.15, 0.2) is 0 Å². The first-order chi connectivity index (χ1) is 11.2. The van der Waals surface area contributed by atoms with Gasteiger partial charge >= 0.3 is 6.09 Å². The number of benzene rings is 1. The van der Waals surface area contributed by atoms with Gasteiger partial charge in [0.05, 0.1) is 5.52 Å². The number of nitrogens with zero attached hydrogens (tertiary/aromatic N) is 3. The third kappa shape index (κ3) is 3.41. The molecule has 0 saturated carbocycles. The summed E-state index contributed by atoms with van der Waals surface area (Å²) in [6.07, 6.45) is -0.317. The quantitative estimate of drug-likeness (QED) is 0.803. The van der Waals surface area contributed by atoms with Crippen LogP contribution in [0.3, 0.4) is 0 Å². The van der Waals surface area contributed by atoms with Gasteiger partial charge in [-0.3, -0.25) is 0 Å². The summed E-state index contributed by atoms with van der Waals surface area (Å²) in [6, 6.07) is 8.36. The van der Waals surface area contributed by atoms with Crippen molar-refractivity contribution in [3.05, 3.63) is 30.0 Å². The maximum absolute atomic E-state index is 12.5. The van der Waals surface area contributed by atoms with E-state index < -0.39 is 5.60 Å². The third-order valence-corrected chi connectivity index (χ3v) is 4.41. The Labute approximate surface area is 143 Å². The number of hydrogen-bond donors (Lipinski definition) is 0. The van der Waals surface area contributed by atoms with E-state index in [2.05, 4.69) is 35.0 Å². The van der Waals surface area contributed by atoms with Crippen LogP contribution in [0.2, 0.25) is 0 Å². The van der Waals surface area contributed by atoms with Crippen molar-refractivity contribution in [1.82, 2.24) is 9.47 Å². The molecule has 2 aromatic rings. The molecule has 0 bridgehead atoms. The largest absolute Gasteiger partial charge is 0.443 e. The molecule has 1 aliphatic rings. The van der Waals surface area contributed by atoms with Crippen LogP contribution in [0.4, 0.5) is 10.5 Å². The lowest BCUT2D eigenvalue weighted by atomic mass is 10.2. The molecule has 1 aromatic carbocycles. The topological polar surface area (TPSA) is 37.7 Å². The van der Waals surface area contributed by atoms with E-state index in [-0.39, 0.29) is 6.09 Å². The maximum atomic E-state index is 12.5. The van der Waals surface area contributed by atoms with Gasteiger partial charge in [-0.2, -0.15) is 0 Å². The Morgan fingerprint density at radius 3 is 2.38 bits per heavy atom. The van der Waals surface area contributed by atoms with Crippen LogP contribution in [-0.4, -0.2) is 54.4 Å². The Kier molecular flexibility index (Phi) is 4.30. The predicted molar refractivity (Wildman–Crippen MR) is 98.0 cm³/mol. The van der Waals surface area contributed by atoms with E-state index in [4.69, 9.17) is 4.74 Å². The summed E-state index contributed by atoms with van der Waals surface area (Å²) in [6.45, 7) is 11.8. The lowest BCUT2D eigenvalue weighted by molar-refractivity contribution is 0.0541. The predicted octanol–water partition coefficient (Wildman–Crippen LogP) is 3.48. The molecule has 0 aliphatic carbocycles. The van der Waals surface area contributed by atoms with E-state index in [1.54, 1.807) is 4.57 Å². The van der Waals surface area contributed by atoms with Crippen molar-refractivity contribution < 1.29 is 9.53 Å². The number of anilines is 1. The lowest BCUT2D eigenvalue weighted by Crippen LogP contribution is -2.44. The first-order valence-corrected chi connectivity index (χ1v) is 8.53. The third-order valence-electron chi connectivity index (χ3n) is 4.41. The van der Waals surface area contributed by atoms with Gasteiger partial charge in [-0.1, -0.05) is 0 Å². The van der Waals surface area contributed by atoms with Crippen molar-refractivity contribution in [2.24, 2.45) is 0 Å². The molecule has 0 atom stereocenters. The molecular weight excluding hydrogens is 302 g/mol. The van der Waals surface area contributed by atoms with E-state index >= 15 is 0 Å². The van der Waals surface area contributed by atoms with Gasteiger partial charge < -0.3 is 14.5 Å². The fraction of sp³-hybridized carbons (Fsp3) is 0.526. The van der Waals surface area contributed by atoms with Crippen molar-refractivity contribution in [1.29, 1.82) is 0 Å². The molecule has 130 valence electrons. The molecule has 1 saturated heterocycles. The number of carbonyl (C=O) groups is 1. The van der Waals surface area contributed by atoms with Gasteiger partial charge in [0, 0.05) is 42.9 Å². The minimum absolute atomic E-state index is 0.317. The summed E-state index contributed by atoms with van der Waals surface area (Å²) in [5.41, 5.74) is 2.52. The van der Waals surface area contributed by atoms with Gasteiger partial charge in [0.2, 0.25) is 0 Å². The number of ether oxygens (including phenoxy) is 1. The molecule has 0 radical (unpaired) electrons. The van der Waals surface area contributed by atoms with Gasteiger partial charge in [0.25, 0.3) is 0 Å². The summed E-state index contributed by atoms with van der Waals surface area (Å²) in [7, 11) is 2.16. The summed E-state index contributed by atoms with van der Waals surface area (Å²) >= 11 is 0. The molecule has 2 heterocycles. The maximum Gasteiger partial charge on any atom is 0.419 e. The van der Waals surface area contributed by atoms with Crippen LogP contribution in [0.25, 0.3) is 10.9 Å². The summed E-state index contributed by atoms with van der Waals surface area (Å²) in [4.78, 5) is 17.3. The van der Waals surface area contributed by atoms with Crippen molar-refractivity contribution in [2.75, 3.05) is 38.1 Å². The Morgan fingerprint density at radius 1 is 1.08 bits per heavy atom. The monoisotopic (exact) mass is 329 g/mol. The van der Waals surface area contributed by atoms with Gasteiger partial charge in [-0.05, 0) is 59.0 Å². The average Bonchev–Trinajstić information content (AvgIpc) is 2.81. The normalized spacial score (nSPS) is 16.6. The highest BCUT2D eigenvalue weighted by Gasteiger charge is 2.21. The van der Waals surface area contributed by atoms with E-state index in [9.17, 15) is 4.79 Å². The number of carbonyl (C=O) groups excluding carboxylic acids is 1. The van der Waals surface area contributed by atoms with Crippen LogP contribution in [-0.2, 0) is 4.74 Å². The summed E-state index contributed by atoms with van der Waals surface area (Å²) in [5, 5.41) is 1.08. The fourth-order valence-electron chi connectivity index (χ4n) is 3.15. The van der Waals surface area contributed by atoms with Gasteiger partial charge in [-0.25, -0.2) is 9.36 Å². The fourth-order valence-corrected chi connectivity index (χ4v) is 3.15. The van der Waals surface area contributed by atoms with Crippen molar-refractivity contribution in [2.45, 2.75) is 33.3 Å². The van der Waals surface area contributed by atoms with Gasteiger partial charge in [0.1, 0.15) is 5.60 Å². The number of hydrogen-bond acceptors (Lipinski definition) is 4. The zero-order valence-electron chi connectivity index (χ0n) is 15.3. The second-order valence-corrected chi connectivity index (χ2v) is 7.63. The van der Waals surface area contributed by atoms with Crippen molar-refractivity contribution in [3.63, 3.8) is 0 Å². The number of piperazine rings is 1. The van der Waals surface area contributed by atoms with Crippen LogP contribution >= 0.6 is 0 Å². The highest BCUT2D eigenvalue weighted by atomic mass is 16.6. The number of likely N-dealkylation sites (N-methyl/N-ethyl adjacent to an activating group) is 1. The summed E-state index contributed by atoms with van der Waals surface area (Å²) in [5.74, 6) is 0. The molecule has 1 fully saturated rings. The highest BCUT2D eigenvalue weighted by molar-refractivity contribution is 5.92. The van der Waals surface area contributed by atoms with Crippen molar-refractivity contribution >= 4 is 22.7 Å². The van der Waals surface area contributed by atoms with Crippen LogP contribution < -0.4 is 4.90 Å². The number of rotatable bonds is 1. The van der Waals surface area contributed by atoms with E-state index in [1.807, 2.05) is 33.8 Å². The second-order valence-electron chi connectivity index (χ2n) is 7.63. The van der Waals surface area contributed by atoms with Crippen LogP contribution in [0.15, 0.2) is 24.3 Å². The SMILES string of the molecule is Cc1cc2cc(N3CCN(C)CC3)ccc2n1C(=O)OC(C)(C)C. The Bertz CT molecular complexity index is 750. The van der Waals surface area contributed by atoms with Crippen LogP contribution in [0, 0.1) is 6.92 Å². The first-order valence-electron chi connectivity index (χ1n) is 8.53. The summed E-state index contributed by atoms with van der Waals surface area (Å²) < 4.78 is 7.20. The number of aryl methyl sites for hydroxylation is 1. The molecule has 3 rings (SSSR count). The molecule has 0 unspecified atom stereocenters. The average molecular weight is 329 g/mol. The molecule has 0 spiro atoms. The molecule has 1 aromatic heterocycles. The number of aromatic nitrogens is 1. The van der Waals surface area contributed by atoms with Crippen LogP contribution in [0.1, 0.15) is 26.5 Å². The van der Waals surface area contributed by atoms with E-state index in [0.717, 1.165) is 42.8 Å². The Hall–Kier alpha value is -2.01. The first kappa shape index (κ1) is 16.8. The Morgan fingerprint density at radius 2 is 1.75 bits per heavy atom. The standard InChI is InChI=1S/C19H27N3O2/c1-14-12-15-13-16(21-10-8-20(5)9-11-21)6-7-17(15)22(14)18(23)24-19(2,3)4/h6-7,12-13H,8-11H2,1-5H3. The van der Waals surface area contributed by atoms with Crippen molar-refractivity contribution in [3.8, 4) is 0 Å². The Balaban J connectivity index is 1.91. The lowest BCUT2D eigenvalue weighted by Gasteiger charge is -2.34. The smallest absolute Gasteiger partial charge is 0.419 e. The minimum atomic E-state index is -0.500.